The second kappa shape index (κ2) is 22.1. The third-order valence-electron chi connectivity index (χ3n) is 1.74. The first kappa shape index (κ1) is 25.7. The summed E-state index contributed by atoms with van der Waals surface area (Å²) < 4.78 is 25.7. The molecule has 0 heterocycles. The minimum atomic E-state index is -0.657. The Kier molecular flexibility index (Phi) is 24.7. The van der Waals surface area contributed by atoms with Crippen LogP contribution in [0.4, 0.5) is 14.4 Å². The van der Waals surface area contributed by atoms with Crippen LogP contribution >= 0.6 is 0 Å². The van der Waals surface area contributed by atoms with E-state index in [-0.39, 0.29) is 0 Å². The zero-order valence-electron chi connectivity index (χ0n) is 14.7. The van der Waals surface area contributed by atoms with Crippen LogP contribution in [0.2, 0.25) is 0 Å². The van der Waals surface area contributed by atoms with Gasteiger partial charge in [0.25, 0.3) is 0 Å². The minimum absolute atomic E-state index is 0.374. The van der Waals surface area contributed by atoms with E-state index in [0.717, 1.165) is 12.8 Å². The van der Waals surface area contributed by atoms with E-state index in [2.05, 4.69) is 28.4 Å². The van der Waals surface area contributed by atoms with Crippen molar-refractivity contribution in [1.29, 1.82) is 0 Å². The van der Waals surface area contributed by atoms with Crippen molar-refractivity contribution < 1.29 is 42.8 Å². The first-order chi connectivity index (χ1) is 10.9. The summed E-state index contributed by atoms with van der Waals surface area (Å²) in [4.78, 5) is 30.2. The maximum Gasteiger partial charge on any atom is 0.508 e. The van der Waals surface area contributed by atoms with E-state index in [1.807, 2.05) is 6.92 Å². The lowest BCUT2D eigenvalue weighted by Gasteiger charge is -1.99. The van der Waals surface area contributed by atoms with E-state index < -0.39 is 18.5 Å². The highest BCUT2D eigenvalue weighted by Gasteiger charge is 1.97. The third kappa shape index (κ3) is 28.6. The van der Waals surface area contributed by atoms with Crippen molar-refractivity contribution >= 4 is 18.5 Å². The van der Waals surface area contributed by atoms with Gasteiger partial charge >= 0.3 is 18.5 Å². The van der Waals surface area contributed by atoms with Gasteiger partial charge in [-0.2, -0.15) is 0 Å². The van der Waals surface area contributed by atoms with Gasteiger partial charge < -0.3 is 28.4 Å². The number of unbranched alkanes of at least 4 members (excludes halogenated alkanes) is 1. The number of rotatable bonds is 5. The number of carbonyl (C=O) groups is 3. The Balaban J connectivity index is -0.000000266. The SMILES string of the molecule is CCCCOC(=O)OC.CCOC(=O)OCC.COC(=O)OC. The summed E-state index contributed by atoms with van der Waals surface area (Å²) in [5.74, 6) is 0. The van der Waals surface area contributed by atoms with Crippen LogP contribution in [0.15, 0.2) is 0 Å². The van der Waals surface area contributed by atoms with Crippen LogP contribution in [-0.2, 0) is 28.4 Å². The van der Waals surface area contributed by atoms with Crippen molar-refractivity contribution in [2.45, 2.75) is 33.6 Å². The minimum Gasteiger partial charge on any atom is -0.438 e. The molecule has 0 spiro atoms. The molecular weight excluding hydrogens is 312 g/mol. The normalized spacial score (nSPS) is 8.09. The second-order valence-electron chi connectivity index (χ2n) is 3.43. The Morgan fingerprint density at radius 2 is 1.09 bits per heavy atom. The van der Waals surface area contributed by atoms with E-state index in [9.17, 15) is 14.4 Å². The smallest absolute Gasteiger partial charge is 0.438 e. The largest absolute Gasteiger partial charge is 0.508 e. The third-order valence-corrected chi connectivity index (χ3v) is 1.74. The van der Waals surface area contributed by atoms with Crippen LogP contribution in [0.5, 0.6) is 0 Å². The van der Waals surface area contributed by atoms with E-state index in [1.165, 1.54) is 21.3 Å². The summed E-state index contributed by atoms with van der Waals surface area (Å²) in [6.07, 6.45) is 0.0833. The molecule has 0 aromatic rings. The summed E-state index contributed by atoms with van der Waals surface area (Å²) in [6.45, 7) is 6.70. The van der Waals surface area contributed by atoms with E-state index in [0.29, 0.717) is 19.8 Å². The Morgan fingerprint density at radius 1 is 0.652 bits per heavy atom. The predicted octanol–water partition coefficient (Wildman–Crippen LogP) is 3.15. The van der Waals surface area contributed by atoms with E-state index in [1.54, 1.807) is 13.8 Å². The fraction of sp³-hybridized carbons (Fsp3) is 0.786. The Labute approximate surface area is 137 Å². The maximum atomic E-state index is 10.2. The number of methoxy groups -OCH3 is 3. The highest BCUT2D eigenvalue weighted by Crippen LogP contribution is 1.89. The van der Waals surface area contributed by atoms with Gasteiger partial charge in [0.1, 0.15) is 0 Å². The highest BCUT2D eigenvalue weighted by molar-refractivity contribution is 5.60. The molecule has 0 amide bonds. The van der Waals surface area contributed by atoms with Gasteiger partial charge in [-0.3, -0.25) is 0 Å². The summed E-state index contributed by atoms with van der Waals surface area (Å²) >= 11 is 0. The molecule has 0 saturated heterocycles. The predicted molar refractivity (Wildman–Crippen MR) is 81.3 cm³/mol. The molecule has 9 heteroatoms. The van der Waals surface area contributed by atoms with Gasteiger partial charge in [-0.15, -0.1) is 0 Å². The monoisotopic (exact) mass is 340 g/mol. The van der Waals surface area contributed by atoms with Gasteiger partial charge in [-0.05, 0) is 20.3 Å². The fourth-order valence-corrected chi connectivity index (χ4v) is 0.719. The molecule has 23 heavy (non-hydrogen) atoms. The fourth-order valence-electron chi connectivity index (χ4n) is 0.719. The molecule has 0 saturated carbocycles. The quantitative estimate of drug-likeness (QED) is 0.423. The number of hydrogen-bond donors (Lipinski definition) is 0. The molecule has 0 aliphatic carbocycles. The van der Waals surface area contributed by atoms with Crippen LogP contribution in [-0.4, -0.2) is 59.6 Å². The molecule has 9 nitrogen and oxygen atoms in total. The molecule has 0 aromatic heterocycles. The van der Waals surface area contributed by atoms with Gasteiger partial charge in [0, 0.05) is 0 Å². The van der Waals surface area contributed by atoms with E-state index >= 15 is 0 Å². The first-order valence-electron chi connectivity index (χ1n) is 7.05. The molecule has 0 bridgehead atoms. The first-order valence-corrected chi connectivity index (χ1v) is 7.05. The van der Waals surface area contributed by atoms with Crippen molar-refractivity contribution in [3.05, 3.63) is 0 Å². The van der Waals surface area contributed by atoms with Crippen LogP contribution < -0.4 is 0 Å². The molecule has 0 N–H and O–H groups in total. The van der Waals surface area contributed by atoms with Crippen LogP contribution in [0.1, 0.15) is 33.6 Å². The van der Waals surface area contributed by atoms with Gasteiger partial charge in [0.05, 0.1) is 41.2 Å². The van der Waals surface area contributed by atoms with Crippen molar-refractivity contribution in [3.8, 4) is 0 Å². The molecule has 0 atom stereocenters. The summed E-state index contributed by atoms with van der Waals surface area (Å²) in [5, 5.41) is 0. The summed E-state index contributed by atoms with van der Waals surface area (Å²) in [6, 6.07) is 0. The molecule has 0 radical (unpaired) electrons. The highest BCUT2D eigenvalue weighted by atomic mass is 16.7. The zero-order chi connectivity index (χ0) is 18.5. The average Bonchev–Trinajstić information content (AvgIpc) is 2.55. The lowest BCUT2D eigenvalue weighted by molar-refractivity contribution is 0.0629. The summed E-state index contributed by atoms with van der Waals surface area (Å²) in [5.41, 5.74) is 0. The molecule has 0 aromatic carbocycles. The van der Waals surface area contributed by atoms with Crippen molar-refractivity contribution in [3.63, 3.8) is 0 Å². The average molecular weight is 340 g/mol. The number of hydrogen-bond acceptors (Lipinski definition) is 9. The lowest BCUT2D eigenvalue weighted by Crippen LogP contribution is -2.05. The van der Waals surface area contributed by atoms with Crippen molar-refractivity contribution in [2.75, 3.05) is 41.2 Å². The molecule has 0 unspecified atom stereocenters. The molecule has 0 fully saturated rings. The van der Waals surface area contributed by atoms with Crippen LogP contribution in [0.25, 0.3) is 0 Å². The summed E-state index contributed by atoms with van der Waals surface area (Å²) in [7, 11) is 3.81. The molecule has 0 aliphatic heterocycles. The van der Waals surface area contributed by atoms with Gasteiger partial charge in [0.2, 0.25) is 0 Å². The van der Waals surface area contributed by atoms with E-state index in [4.69, 9.17) is 0 Å². The number of ether oxygens (including phenoxy) is 6. The molecule has 0 rings (SSSR count). The second-order valence-corrected chi connectivity index (χ2v) is 3.43. The topological polar surface area (TPSA) is 107 Å². The molecule has 0 aliphatic rings. The van der Waals surface area contributed by atoms with Gasteiger partial charge in [-0.1, -0.05) is 13.3 Å². The van der Waals surface area contributed by atoms with Crippen LogP contribution in [0.3, 0.4) is 0 Å². The van der Waals surface area contributed by atoms with Crippen molar-refractivity contribution in [2.24, 2.45) is 0 Å². The Hall–Kier alpha value is -2.19. The maximum absolute atomic E-state index is 10.2. The Morgan fingerprint density at radius 3 is 1.35 bits per heavy atom. The van der Waals surface area contributed by atoms with Gasteiger partial charge in [0.15, 0.2) is 0 Å². The molecule has 138 valence electrons. The molecular formula is C14H28O9. The zero-order valence-corrected chi connectivity index (χ0v) is 14.7. The lowest BCUT2D eigenvalue weighted by atomic mass is 10.4. The number of carbonyl (C=O) groups excluding carboxylic acids is 3. The Bertz CT molecular complexity index is 278. The van der Waals surface area contributed by atoms with Crippen LogP contribution in [0, 0.1) is 0 Å². The van der Waals surface area contributed by atoms with Gasteiger partial charge in [-0.25, -0.2) is 14.4 Å². The van der Waals surface area contributed by atoms with Crippen molar-refractivity contribution in [1.82, 2.24) is 0 Å². The standard InChI is InChI=1S/C6H12O3.C5H10O3.C3H6O3/c1-3-4-5-9-6(7)8-2;1-3-7-5(6)8-4-2;1-5-3(4)6-2/h3-5H2,1-2H3;3-4H2,1-2H3;1-2H3.